The molecule has 21 heavy (non-hydrogen) atoms. The van der Waals surface area contributed by atoms with Gasteiger partial charge in [0.05, 0.1) is 11.7 Å². The molecule has 0 amide bonds. The summed E-state index contributed by atoms with van der Waals surface area (Å²) in [4.78, 5) is 2.19. The standard InChI is InChI=1S/C17H17FN2O/c18-11-7-8-16-14(10-11)20-9-3-5-13(19)17(20)12-4-1-2-6-15(12)21-16/h1-2,4,6-8,10,13,17H,3,5,9,19H2. The molecule has 0 aliphatic carbocycles. The van der Waals surface area contributed by atoms with Gasteiger partial charge in [0.2, 0.25) is 0 Å². The topological polar surface area (TPSA) is 38.5 Å². The van der Waals surface area contributed by atoms with E-state index in [4.69, 9.17) is 10.5 Å². The molecular formula is C17H17FN2O. The molecule has 2 unspecified atom stereocenters. The number of piperidine rings is 1. The van der Waals surface area contributed by atoms with Crippen molar-refractivity contribution in [2.24, 2.45) is 5.73 Å². The van der Waals surface area contributed by atoms with Crippen molar-refractivity contribution < 1.29 is 9.13 Å². The highest BCUT2D eigenvalue weighted by atomic mass is 19.1. The van der Waals surface area contributed by atoms with Gasteiger partial charge in [-0.2, -0.15) is 0 Å². The number of nitrogens with two attached hydrogens (primary N) is 1. The number of ether oxygens (including phenoxy) is 1. The predicted molar refractivity (Wildman–Crippen MR) is 80.2 cm³/mol. The molecule has 4 rings (SSSR count). The Kier molecular flexibility index (Phi) is 2.86. The zero-order chi connectivity index (χ0) is 14.4. The van der Waals surface area contributed by atoms with Crippen LogP contribution in [0.25, 0.3) is 0 Å². The van der Waals surface area contributed by atoms with E-state index in [1.807, 2.05) is 18.2 Å². The van der Waals surface area contributed by atoms with Gasteiger partial charge in [-0.1, -0.05) is 18.2 Å². The SMILES string of the molecule is NC1CCCN2c3cc(F)ccc3Oc3ccccc3C12. The average molecular weight is 284 g/mol. The number of nitrogens with zero attached hydrogens (tertiary/aromatic N) is 1. The highest BCUT2D eigenvalue weighted by Gasteiger charge is 2.36. The summed E-state index contributed by atoms with van der Waals surface area (Å²) in [5.41, 5.74) is 8.26. The van der Waals surface area contributed by atoms with Crippen LogP contribution < -0.4 is 15.4 Å². The van der Waals surface area contributed by atoms with Crippen LogP contribution in [-0.2, 0) is 0 Å². The first-order valence-electron chi connectivity index (χ1n) is 7.32. The van der Waals surface area contributed by atoms with E-state index in [1.54, 1.807) is 12.1 Å². The van der Waals surface area contributed by atoms with Crippen molar-refractivity contribution >= 4 is 5.69 Å². The van der Waals surface area contributed by atoms with E-state index in [2.05, 4.69) is 11.0 Å². The molecule has 0 bridgehead atoms. The number of para-hydroxylation sites is 1. The van der Waals surface area contributed by atoms with Crippen molar-refractivity contribution in [1.29, 1.82) is 0 Å². The second-order valence-electron chi connectivity index (χ2n) is 5.70. The Morgan fingerprint density at radius 3 is 2.90 bits per heavy atom. The third kappa shape index (κ3) is 1.98. The molecule has 0 spiro atoms. The maximum absolute atomic E-state index is 13.7. The summed E-state index contributed by atoms with van der Waals surface area (Å²) < 4.78 is 19.7. The highest BCUT2D eigenvalue weighted by Crippen LogP contribution is 2.47. The first-order valence-corrected chi connectivity index (χ1v) is 7.32. The molecule has 2 aliphatic heterocycles. The van der Waals surface area contributed by atoms with E-state index in [0.29, 0.717) is 5.75 Å². The molecule has 2 heterocycles. The minimum atomic E-state index is -0.249. The smallest absolute Gasteiger partial charge is 0.150 e. The van der Waals surface area contributed by atoms with Gasteiger partial charge in [-0.15, -0.1) is 0 Å². The number of hydrogen-bond acceptors (Lipinski definition) is 3. The van der Waals surface area contributed by atoms with Crippen molar-refractivity contribution in [3.63, 3.8) is 0 Å². The number of benzene rings is 2. The summed E-state index contributed by atoms with van der Waals surface area (Å²) in [5, 5.41) is 0. The lowest BCUT2D eigenvalue weighted by atomic mass is 9.90. The van der Waals surface area contributed by atoms with Gasteiger partial charge in [0.1, 0.15) is 11.6 Å². The van der Waals surface area contributed by atoms with Crippen molar-refractivity contribution in [3.05, 3.63) is 53.8 Å². The Balaban J connectivity index is 1.94. The second-order valence-corrected chi connectivity index (χ2v) is 5.70. The number of anilines is 1. The zero-order valence-corrected chi connectivity index (χ0v) is 11.6. The van der Waals surface area contributed by atoms with Crippen molar-refractivity contribution in [1.82, 2.24) is 0 Å². The van der Waals surface area contributed by atoms with Crippen LogP contribution >= 0.6 is 0 Å². The number of hydrogen-bond donors (Lipinski definition) is 1. The Hall–Kier alpha value is -2.07. The maximum Gasteiger partial charge on any atom is 0.150 e. The van der Waals surface area contributed by atoms with Crippen LogP contribution in [-0.4, -0.2) is 12.6 Å². The summed E-state index contributed by atoms with van der Waals surface area (Å²) in [6.07, 6.45) is 1.98. The van der Waals surface area contributed by atoms with Crippen molar-refractivity contribution in [2.75, 3.05) is 11.4 Å². The average Bonchev–Trinajstić information content (AvgIpc) is 2.63. The molecule has 0 radical (unpaired) electrons. The van der Waals surface area contributed by atoms with Crippen LogP contribution in [0, 0.1) is 5.82 Å². The van der Waals surface area contributed by atoms with Gasteiger partial charge in [0.25, 0.3) is 0 Å². The quantitative estimate of drug-likeness (QED) is 0.803. The Labute approximate surface area is 123 Å². The summed E-state index contributed by atoms with van der Waals surface area (Å²) >= 11 is 0. The van der Waals surface area contributed by atoms with Crippen LogP contribution in [0.4, 0.5) is 10.1 Å². The maximum atomic E-state index is 13.7. The monoisotopic (exact) mass is 284 g/mol. The van der Waals surface area contributed by atoms with Gasteiger partial charge >= 0.3 is 0 Å². The minimum Gasteiger partial charge on any atom is -0.455 e. The van der Waals surface area contributed by atoms with E-state index < -0.39 is 0 Å². The van der Waals surface area contributed by atoms with Gasteiger partial charge in [-0.25, -0.2) is 4.39 Å². The highest BCUT2D eigenvalue weighted by molar-refractivity contribution is 5.65. The normalized spacial score (nSPS) is 23.4. The van der Waals surface area contributed by atoms with Gasteiger partial charge in [0, 0.05) is 24.2 Å². The fourth-order valence-corrected chi connectivity index (χ4v) is 3.43. The number of halogens is 1. The molecule has 2 atom stereocenters. The lowest BCUT2D eigenvalue weighted by molar-refractivity contribution is 0.408. The molecule has 2 N–H and O–H groups in total. The molecule has 1 saturated heterocycles. The fraction of sp³-hybridized carbons (Fsp3) is 0.294. The fourth-order valence-electron chi connectivity index (χ4n) is 3.43. The Bertz CT molecular complexity index is 688. The zero-order valence-electron chi connectivity index (χ0n) is 11.6. The molecule has 2 aromatic rings. The van der Waals surface area contributed by atoms with Crippen LogP contribution in [0.2, 0.25) is 0 Å². The molecule has 3 nitrogen and oxygen atoms in total. The number of rotatable bonds is 0. The lowest BCUT2D eigenvalue weighted by Crippen LogP contribution is -2.45. The van der Waals surface area contributed by atoms with E-state index in [-0.39, 0.29) is 17.9 Å². The Morgan fingerprint density at radius 1 is 1.14 bits per heavy atom. The molecule has 1 fully saturated rings. The number of fused-ring (bicyclic) bond motifs is 5. The minimum absolute atomic E-state index is 0.0257. The largest absolute Gasteiger partial charge is 0.455 e. The third-order valence-corrected chi connectivity index (χ3v) is 4.37. The first-order chi connectivity index (χ1) is 10.2. The molecule has 2 aromatic carbocycles. The molecule has 2 aliphatic rings. The van der Waals surface area contributed by atoms with E-state index >= 15 is 0 Å². The summed E-state index contributed by atoms with van der Waals surface area (Å²) in [6.45, 7) is 0.868. The summed E-state index contributed by atoms with van der Waals surface area (Å²) in [7, 11) is 0. The van der Waals surface area contributed by atoms with Gasteiger partial charge in [-0.3, -0.25) is 0 Å². The summed E-state index contributed by atoms with van der Waals surface area (Å²) in [5.74, 6) is 1.26. The third-order valence-electron chi connectivity index (χ3n) is 4.37. The van der Waals surface area contributed by atoms with Crippen LogP contribution in [0.3, 0.4) is 0 Å². The molecule has 108 valence electrons. The molecule has 0 aromatic heterocycles. The van der Waals surface area contributed by atoms with Crippen LogP contribution in [0.5, 0.6) is 11.5 Å². The van der Waals surface area contributed by atoms with E-state index in [0.717, 1.165) is 36.4 Å². The van der Waals surface area contributed by atoms with Gasteiger partial charge < -0.3 is 15.4 Å². The molecular weight excluding hydrogens is 267 g/mol. The molecule has 0 saturated carbocycles. The summed E-state index contributed by atoms with van der Waals surface area (Å²) in [6, 6.07) is 12.7. The molecule has 4 heteroatoms. The second kappa shape index (κ2) is 4.74. The van der Waals surface area contributed by atoms with Crippen molar-refractivity contribution in [3.8, 4) is 11.5 Å². The van der Waals surface area contributed by atoms with E-state index in [9.17, 15) is 4.39 Å². The lowest BCUT2D eigenvalue weighted by Gasteiger charge is -2.40. The van der Waals surface area contributed by atoms with Gasteiger partial charge in [-0.05, 0) is 31.0 Å². The predicted octanol–water partition coefficient (Wildman–Crippen LogP) is 3.60. The van der Waals surface area contributed by atoms with Crippen LogP contribution in [0.15, 0.2) is 42.5 Å². The van der Waals surface area contributed by atoms with E-state index in [1.165, 1.54) is 6.07 Å². The first kappa shape index (κ1) is 12.7. The van der Waals surface area contributed by atoms with Crippen LogP contribution in [0.1, 0.15) is 24.4 Å². The van der Waals surface area contributed by atoms with Gasteiger partial charge in [0.15, 0.2) is 5.75 Å². The Morgan fingerprint density at radius 2 is 2.00 bits per heavy atom. The van der Waals surface area contributed by atoms with Crippen molar-refractivity contribution in [2.45, 2.75) is 24.9 Å².